The molecule has 0 atom stereocenters. The number of thioether (sulfide) groups is 1. The van der Waals surface area contributed by atoms with Crippen LogP contribution in [0.3, 0.4) is 0 Å². The quantitative estimate of drug-likeness (QED) is 0.266. The number of pyridine rings is 1. The first-order chi connectivity index (χ1) is 16.2. The van der Waals surface area contributed by atoms with Gasteiger partial charge in [0.15, 0.2) is 0 Å². The van der Waals surface area contributed by atoms with Gasteiger partial charge in [0.25, 0.3) is 0 Å². The fraction of sp³-hybridized carbons (Fsp3) is 0.200. The van der Waals surface area contributed by atoms with Crippen LogP contribution in [-0.2, 0) is 11.2 Å². The molecular formula is C30H27ClN2S. The largest absolute Gasteiger partial charge is 0.240 e. The van der Waals surface area contributed by atoms with E-state index in [2.05, 4.69) is 82.3 Å². The van der Waals surface area contributed by atoms with Crippen molar-refractivity contribution in [1.29, 1.82) is 5.26 Å². The van der Waals surface area contributed by atoms with E-state index in [9.17, 15) is 5.26 Å². The van der Waals surface area contributed by atoms with Crippen LogP contribution < -0.4 is 0 Å². The summed E-state index contributed by atoms with van der Waals surface area (Å²) in [7, 11) is 0. The van der Waals surface area contributed by atoms with Crippen LogP contribution in [0, 0.1) is 18.3 Å². The van der Waals surface area contributed by atoms with Crippen molar-refractivity contribution in [1.82, 2.24) is 4.98 Å². The van der Waals surface area contributed by atoms with Crippen molar-refractivity contribution in [3.05, 3.63) is 106 Å². The SMILES string of the molecule is Cc1ccc(-c2cc(-c3ccc(Cl)cc3)c(C#N)c(SCc3ccc(C(C)(C)C)cc3)n2)cc1. The van der Waals surface area contributed by atoms with Gasteiger partial charge >= 0.3 is 0 Å². The highest BCUT2D eigenvalue weighted by molar-refractivity contribution is 7.98. The zero-order chi connectivity index (χ0) is 24.3. The smallest absolute Gasteiger partial charge is 0.115 e. The molecule has 0 unspecified atom stereocenters. The first kappa shape index (κ1) is 24.1. The summed E-state index contributed by atoms with van der Waals surface area (Å²) in [5.74, 6) is 0.740. The van der Waals surface area contributed by atoms with Crippen LogP contribution >= 0.6 is 23.4 Å². The second kappa shape index (κ2) is 10.1. The average molecular weight is 483 g/mol. The number of halogens is 1. The lowest BCUT2D eigenvalue weighted by Crippen LogP contribution is -2.10. The van der Waals surface area contributed by atoms with Crippen molar-refractivity contribution in [2.75, 3.05) is 0 Å². The van der Waals surface area contributed by atoms with E-state index >= 15 is 0 Å². The van der Waals surface area contributed by atoms with Crippen LogP contribution in [-0.4, -0.2) is 4.98 Å². The fourth-order valence-electron chi connectivity index (χ4n) is 3.72. The van der Waals surface area contributed by atoms with E-state index in [-0.39, 0.29) is 5.41 Å². The minimum Gasteiger partial charge on any atom is -0.240 e. The zero-order valence-corrected chi connectivity index (χ0v) is 21.5. The summed E-state index contributed by atoms with van der Waals surface area (Å²) in [5.41, 5.74) is 8.13. The van der Waals surface area contributed by atoms with Crippen molar-refractivity contribution in [3.63, 3.8) is 0 Å². The average Bonchev–Trinajstić information content (AvgIpc) is 2.83. The third-order valence-corrected chi connectivity index (χ3v) is 7.09. The van der Waals surface area contributed by atoms with Crippen LogP contribution in [0.5, 0.6) is 0 Å². The Hall–Kier alpha value is -3.06. The number of hydrogen-bond donors (Lipinski definition) is 0. The van der Waals surface area contributed by atoms with E-state index in [1.807, 2.05) is 30.3 Å². The topological polar surface area (TPSA) is 36.7 Å². The molecule has 0 amide bonds. The van der Waals surface area contributed by atoms with Crippen LogP contribution in [0.4, 0.5) is 0 Å². The van der Waals surface area contributed by atoms with Gasteiger partial charge in [-0.2, -0.15) is 5.26 Å². The molecule has 1 aromatic heterocycles. The third-order valence-electron chi connectivity index (χ3n) is 5.80. The van der Waals surface area contributed by atoms with E-state index in [4.69, 9.17) is 16.6 Å². The summed E-state index contributed by atoms with van der Waals surface area (Å²) in [4.78, 5) is 4.93. The lowest BCUT2D eigenvalue weighted by atomic mass is 9.87. The van der Waals surface area contributed by atoms with Crippen molar-refractivity contribution in [2.45, 2.75) is 43.9 Å². The Bertz CT molecular complexity index is 1330. The van der Waals surface area contributed by atoms with Gasteiger partial charge in [-0.1, -0.05) is 98.6 Å². The number of nitriles is 1. The molecule has 0 fully saturated rings. The molecule has 0 bridgehead atoms. The molecule has 4 rings (SSSR count). The second-order valence-electron chi connectivity index (χ2n) is 9.46. The molecule has 0 spiro atoms. The van der Waals surface area contributed by atoms with Gasteiger partial charge in [-0.05, 0) is 47.2 Å². The maximum Gasteiger partial charge on any atom is 0.115 e. The standard InChI is InChI=1S/C30H27ClN2S/c1-20-5-9-23(10-6-20)28-17-26(22-11-15-25(31)16-12-22)27(18-32)29(33-28)34-19-21-7-13-24(14-8-21)30(2,3)4/h5-17H,19H2,1-4H3. The van der Waals surface area contributed by atoms with Crippen LogP contribution in [0.1, 0.15) is 43.0 Å². The summed E-state index contributed by atoms with van der Waals surface area (Å²) in [6.45, 7) is 8.72. The Balaban J connectivity index is 1.75. The van der Waals surface area contributed by atoms with Gasteiger partial charge in [0.1, 0.15) is 11.1 Å². The van der Waals surface area contributed by atoms with Gasteiger partial charge in [0.2, 0.25) is 0 Å². The molecule has 1 heterocycles. The molecule has 3 aromatic carbocycles. The Morgan fingerprint density at radius 2 is 1.50 bits per heavy atom. The van der Waals surface area contributed by atoms with Crippen LogP contribution in [0.15, 0.2) is 83.9 Å². The zero-order valence-electron chi connectivity index (χ0n) is 19.9. The number of nitrogens with zero attached hydrogens (tertiary/aromatic N) is 2. The number of aromatic nitrogens is 1. The highest BCUT2D eigenvalue weighted by Gasteiger charge is 2.17. The fourth-order valence-corrected chi connectivity index (χ4v) is 4.80. The van der Waals surface area contributed by atoms with Gasteiger partial charge in [-0.3, -0.25) is 0 Å². The normalized spacial score (nSPS) is 11.3. The molecule has 2 nitrogen and oxygen atoms in total. The number of rotatable bonds is 5. The predicted molar refractivity (Wildman–Crippen MR) is 144 cm³/mol. The van der Waals surface area contributed by atoms with Gasteiger partial charge in [0.05, 0.1) is 11.3 Å². The Morgan fingerprint density at radius 1 is 0.882 bits per heavy atom. The molecule has 170 valence electrons. The second-order valence-corrected chi connectivity index (χ2v) is 10.9. The Kier molecular flexibility index (Phi) is 7.12. The van der Waals surface area contributed by atoms with E-state index in [1.165, 1.54) is 16.7 Å². The maximum absolute atomic E-state index is 10.1. The van der Waals surface area contributed by atoms with Gasteiger partial charge in [-0.25, -0.2) is 4.98 Å². The maximum atomic E-state index is 10.1. The lowest BCUT2D eigenvalue weighted by Gasteiger charge is -2.19. The lowest BCUT2D eigenvalue weighted by molar-refractivity contribution is 0.590. The van der Waals surface area contributed by atoms with E-state index in [0.29, 0.717) is 10.6 Å². The van der Waals surface area contributed by atoms with E-state index in [1.54, 1.807) is 11.8 Å². The molecule has 0 radical (unpaired) electrons. The Morgan fingerprint density at radius 3 is 2.09 bits per heavy atom. The summed E-state index contributed by atoms with van der Waals surface area (Å²) in [6.07, 6.45) is 0. The molecule has 0 aliphatic heterocycles. The molecule has 4 aromatic rings. The molecule has 0 saturated carbocycles. The minimum atomic E-state index is 0.122. The molecule has 0 aliphatic carbocycles. The van der Waals surface area contributed by atoms with Gasteiger partial charge in [-0.15, -0.1) is 11.8 Å². The summed E-state index contributed by atoms with van der Waals surface area (Å²) < 4.78 is 0. The highest BCUT2D eigenvalue weighted by atomic mass is 35.5. The van der Waals surface area contributed by atoms with Crippen molar-refractivity contribution in [2.24, 2.45) is 0 Å². The van der Waals surface area contributed by atoms with Gasteiger partial charge < -0.3 is 0 Å². The van der Waals surface area contributed by atoms with Crippen LogP contribution in [0.25, 0.3) is 22.4 Å². The summed E-state index contributed by atoms with van der Waals surface area (Å²) >= 11 is 7.72. The molecule has 4 heteroatoms. The molecule has 34 heavy (non-hydrogen) atoms. The van der Waals surface area contributed by atoms with E-state index in [0.717, 1.165) is 33.2 Å². The molecular weight excluding hydrogens is 456 g/mol. The first-order valence-electron chi connectivity index (χ1n) is 11.2. The third kappa shape index (κ3) is 5.53. The molecule has 0 saturated heterocycles. The number of benzene rings is 3. The van der Waals surface area contributed by atoms with Crippen molar-refractivity contribution in [3.8, 4) is 28.5 Å². The van der Waals surface area contributed by atoms with Crippen molar-refractivity contribution < 1.29 is 0 Å². The monoisotopic (exact) mass is 482 g/mol. The summed E-state index contributed by atoms with van der Waals surface area (Å²) in [5, 5.41) is 11.5. The van der Waals surface area contributed by atoms with Crippen molar-refractivity contribution >= 4 is 23.4 Å². The molecule has 0 aliphatic rings. The van der Waals surface area contributed by atoms with E-state index < -0.39 is 0 Å². The minimum absolute atomic E-state index is 0.122. The predicted octanol–water partition coefficient (Wildman–Crippen LogP) is 8.84. The summed E-state index contributed by atoms with van der Waals surface area (Å²) in [6, 6.07) is 29.1. The van der Waals surface area contributed by atoms with Crippen LogP contribution in [0.2, 0.25) is 5.02 Å². The number of aryl methyl sites for hydroxylation is 1. The Labute approximate surface area is 211 Å². The molecule has 0 N–H and O–H groups in total. The van der Waals surface area contributed by atoms with Gasteiger partial charge in [0, 0.05) is 21.9 Å². The number of hydrogen-bond acceptors (Lipinski definition) is 3. The first-order valence-corrected chi connectivity index (χ1v) is 12.6. The highest BCUT2D eigenvalue weighted by Crippen LogP contribution is 2.36.